The summed E-state index contributed by atoms with van der Waals surface area (Å²) in [5.74, 6) is -0.357. The molecule has 144 valence electrons. The summed E-state index contributed by atoms with van der Waals surface area (Å²) >= 11 is 0. The van der Waals surface area contributed by atoms with E-state index in [1.807, 2.05) is 0 Å². The van der Waals surface area contributed by atoms with E-state index in [1.54, 1.807) is 18.2 Å². The monoisotopic (exact) mass is 382 g/mol. The average Bonchev–Trinajstić information content (AvgIpc) is 3.38. The minimum atomic E-state index is -0.779. The molecule has 0 bridgehead atoms. The Labute approximate surface area is 160 Å². The molecule has 28 heavy (non-hydrogen) atoms. The lowest BCUT2D eigenvalue weighted by molar-refractivity contribution is -0.384. The molecular weight excluding hydrogens is 364 g/mol. The van der Waals surface area contributed by atoms with Gasteiger partial charge in [-0.3, -0.25) is 14.9 Å². The average molecular weight is 382 g/mol. The molecule has 1 fully saturated rings. The molecule has 0 aromatic heterocycles. The molecule has 8 heteroatoms. The lowest BCUT2D eigenvalue weighted by Gasteiger charge is -2.08. The first kappa shape index (κ1) is 18.0. The van der Waals surface area contributed by atoms with Gasteiger partial charge in [-0.1, -0.05) is 0 Å². The van der Waals surface area contributed by atoms with Crippen molar-refractivity contribution >= 4 is 23.1 Å². The number of fused-ring (bicyclic) bond motifs is 1. The second-order valence-electron chi connectivity index (χ2n) is 6.83. The standard InChI is InChI=1S/C20H18N2O6/c23-18(12-2-6-19-13(9-12)7-8-27-19)11-28-20(24)14-1-5-16(21-15-3-4-15)17(10-14)22(25)26/h1-2,5-6,9-10,15,21H,3-4,7-8,11H2. The van der Waals surface area contributed by atoms with Crippen LogP contribution in [0.15, 0.2) is 36.4 Å². The number of ether oxygens (including phenoxy) is 2. The number of nitro groups is 1. The predicted octanol–water partition coefficient (Wildman–Crippen LogP) is 3.14. The summed E-state index contributed by atoms with van der Waals surface area (Å²) in [6.45, 7) is 0.153. The van der Waals surface area contributed by atoms with Crippen LogP contribution in [-0.4, -0.2) is 35.9 Å². The Morgan fingerprint density at radius 1 is 1.18 bits per heavy atom. The lowest BCUT2D eigenvalue weighted by atomic mass is 10.1. The number of nitro benzene ring substituents is 1. The zero-order valence-electron chi connectivity index (χ0n) is 15.0. The Hall–Kier alpha value is -3.42. The largest absolute Gasteiger partial charge is 0.493 e. The Kier molecular flexibility index (Phi) is 4.68. The van der Waals surface area contributed by atoms with Crippen LogP contribution in [0.1, 0.15) is 39.1 Å². The van der Waals surface area contributed by atoms with Crippen LogP contribution in [0.4, 0.5) is 11.4 Å². The molecule has 1 N–H and O–H groups in total. The zero-order chi connectivity index (χ0) is 19.7. The number of ketones is 1. The Morgan fingerprint density at radius 2 is 1.96 bits per heavy atom. The first-order chi connectivity index (χ1) is 13.5. The second kappa shape index (κ2) is 7.30. The number of benzene rings is 2. The summed E-state index contributed by atoms with van der Waals surface area (Å²) in [5.41, 5.74) is 1.61. The van der Waals surface area contributed by atoms with E-state index in [9.17, 15) is 19.7 Å². The van der Waals surface area contributed by atoms with Gasteiger partial charge in [-0.25, -0.2) is 4.79 Å². The number of carbonyl (C=O) groups is 2. The van der Waals surface area contributed by atoms with Gasteiger partial charge in [0.25, 0.3) is 5.69 Å². The molecular formula is C20H18N2O6. The number of nitrogens with zero attached hydrogens (tertiary/aromatic N) is 1. The van der Waals surface area contributed by atoms with Crippen molar-refractivity contribution in [3.63, 3.8) is 0 Å². The summed E-state index contributed by atoms with van der Waals surface area (Å²) in [4.78, 5) is 35.3. The second-order valence-corrected chi connectivity index (χ2v) is 6.83. The number of hydrogen-bond acceptors (Lipinski definition) is 7. The van der Waals surface area contributed by atoms with Crippen LogP contribution in [0.3, 0.4) is 0 Å². The minimum absolute atomic E-state index is 0.0307. The van der Waals surface area contributed by atoms with Crippen LogP contribution in [0.5, 0.6) is 5.75 Å². The predicted molar refractivity (Wildman–Crippen MR) is 100.0 cm³/mol. The Balaban J connectivity index is 1.42. The molecule has 1 heterocycles. The molecule has 0 saturated heterocycles. The Bertz CT molecular complexity index is 967. The molecule has 2 aromatic rings. The van der Waals surface area contributed by atoms with Crippen molar-refractivity contribution < 1.29 is 24.0 Å². The number of carbonyl (C=O) groups excluding carboxylic acids is 2. The van der Waals surface area contributed by atoms with Gasteiger partial charge in [0.05, 0.1) is 17.1 Å². The molecule has 0 unspecified atom stereocenters. The smallest absolute Gasteiger partial charge is 0.338 e. The van der Waals surface area contributed by atoms with E-state index in [1.165, 1.54) is 18.2 Å². The van der Waals surface area contributed by atoms with Crippen molar-refractivity contribution in [2.75, 3.05) is 18.5 Å². The third kappa shape index (κ3) is 3.80. The molecule has 4 rings (SSSR count). The van der Waals surface area contributed by atoms with Crippen LogP contribution < -0.4 is 10.1 Å². The van der Waals surface area contributed by atoms with Crippen molar-refractivity contribution in [1.29, 1.82) is 0 Å². The van der Waals surface area contributed by atoms with Gasteiger partial charge in [0.1, 0.15) is 11.4 Å². The maximum atomic E-state index is 12.3. The van der Waals surface area contributed by atoms with Gasteiger partial charge in [-0.05, 0) is 48.7 Å². The van der Waals surface area contributed by atoms with Crippen molar-refractivity contribution in [2.24, 2.45) is 0 Å². The third-order valence-corrected chi connectivity index (χ3v) is 4.71. The van der Waals surface area contributed by atoms with E-state index in [0.717, 1.165) is 30.6 Å². The van der Waals surface area contributed by atoms with Crippen molar-refractivity contribution in [1.82, 2.24) is 0 Å². The first-order valence-corrected chi connectivity index (χ1v) is 9.02. The van der Waals surface area contributed by atoms with E-state index in [4.69, 9.17) is 9.47 Å². The molecule has 0 atom stereocenters. The van der Waals surface area contributed by atoms with Crippen LogP contribution in [0.2, 0.25) is 0 Å². The third-order valence-electron chi connectivity index (χ3n) is 4.71. The molecule has 1 saturated carbocycles. The highest BCUT2D eigenvalue weighted by atomic mass is 16.6. The minimum Gasteiger partial charge on any atom is -0.493 e. The van der Waals surface area contributed by atoms with Gasteiger partial charge in [-0.2, -0.15) is 0 Å². The van der Waals surface area contributed by atoms with Crippen LogP contribution in [0.25, 0.3) is 0 Å². The van der Waals surface area contributed by atoms with E-state index in [-0.39, 0.29) is 23.1 Å². The molecule has 0 spiro atoms. The zero-order valence-corrected chi connectivity index (χ0v) is 15.0. The highest BCUT2D eigenvalue weighted by molar-refractivity contribution is 6.00. The fourth-order valence-corrected chi connectivity index (χ4v) is 3.04. The maximum absolute atomic E-state index is 12.3. The van der Waals surface area contributed by atoms with Crippen LogP contribution in [0, 0.1) is 10.1 Å². The van der Waals surface area contributed by atoms with Gasteiger partial charge in [-0.15, -0.1) is 0 Å². The maximum Gasteiger partial charge on any atom is 0.338 e. The summed E-state index contributed by atoms with van der Waals surface area (Å²) < 4.78 is 10.5. The van der Waals surface area contributed by atoms with E-state index in [2.05, 4.69) is 5.32 Å². The van der Waals surface area contributed by atoms with Crippen molar-refractivity contribution in [3.8, 4) is 5.75 Å². The fraction of sp³-hybridized carbons (Fsp3) is 0.300. The molecule has 0 amide bonds. The van der Waals surface area contributed by atoms with Gasteiger partial charge in [0, 0.05) is 24.1 Å². The summed E-state index contributed by atoms with van der Waals surface area (Å²) in [6, 6.07) is 9.46. The molecule has 0 radical (unpaired) electrons. The molecule has 2 aliphatic rings. The van der Waals surface area contributed by atoms with Gasteiger partial charge < -0.3 is 14.8 Å². The van der Waals surface area contributed by atoms with E-state index < -0.39 is 17.5 Å². The number of rotatable bonds is 7. The summed E-state index contributed by atoms with van der Waals surface area (Å²) in [5, 5.41) is 14.4. The van der Waals surface area contributed by atoms with Crippen LogP contribution in [-0.2, 0) is 11.2 Å². The number of esters is 1. The number of hydrogen-bond donors (Lipinski definition) is 1. The van der Waals surface area contributed by atoms with Gasteiger partial charge in [0.2, 0.25) is 0 Å². The van der Waals surface area contributed by atoms with Crippen molar-refractivity contribution in [2.45, 2.75) is 25.3 Å². The topological polar surface area (TPSA) is 108 Å². The molecule has 2 aromatic carbocycles. The molecule has 1 aliphatic carbocycles. The van der Waals surface area contributed by atoms with E-state index >= 15 is 0 Å². The van der Waals surface area contributed by atoms with Gasteiger partial charge in [0.15, 0.2) is 12.4 Å². The SMILES string of the molecule is O=C(COC(=O)c1ccc(NC2CC2)c([N+](=O)[O-])c1)c1ccc2c(c1)CCO2. The number of anilines is 1. The lowest BCUT2D eigenvalue weighted by Crippen LogP contribution is -2.15. The van der Waals surface area contributed by atoms with Gasteiger partial charge >= 0.3 is 5.97 Å². The normalized spacial score (nSPS) is 14.7. The highest BCUT2D eigenvalue weighted by Gasteiger charge is 2.26. The summed E-state index contributed by atoms with van der Waals surface area (Å²) in [7, 11) is 0. The molecule has 1 aliphatic heterocycles. The molecule has 8 nitrogen and oxygen atoms in total. The quantitative estimate of drug-likeness (QED) is 0.339. The highest BCUT2D eigenvalue weighted by Crippen LogP contribution is 2.31. The van der Waals surface area contributed by atoms with E-state index in [0.29, 0.717) is 17.9 Å². The number of nitrogens with one attached hydrogen (secondary N) is 1. The first-order valence-electron chi connectivity index (χ1n) is 9.02. The van der Waals surface area contributed by atoms with Crippen LogP contribution >= 0.6 is 0 Å². The Morgan fingerprint density at radius 3 is 2.71 bits per heavy atom. The fourth-order valence-electron chi connectivity index (χ4n) is 3.04. The van der Waals surface area contributed by atoms with Crippen molar-refractivity contribution in [3.05, 3.63) is 63.2 Å². The summed E-state index contributed by atoms with van der Waals surface area (Å²) in [6.07, 6.45) is 2.68. The number of Topliss-reactive ketones (excluding diaryl/α,β-unsaturated/α-hetero) is 1.